The maximum absolute atomic E-state index is 6.24. The van der Waals surface area contributed by atoms with Crippen molar-refractivity contribution in [2.24, 2.45) is 5.92 Å². The zero-order valence-electron chi connectivity index (χ0n) is 26.6. The minimum atomic E-state index is -0.476. The van der Waals surface area contributed by atoms with Gasteiger partial charge in [0.2, 0.25) is 0 Å². The van der Waals surface area contributed by atoms with E-state index in [1.54, 1.807) is 0 Å². The Kier molecular flexibility index (Phi) is 8.66. The Balaban J connectivity index is 0.000000189. The van der Waals surface area contributed by atoms with Crippen LogP contribution in [-0.2, 0) is 27.9 Å². The summed E-state index contributed by atoms with van der Waals surface area (Å²) in [4.78, 5) is 0. The summed E-state index contributed by atoms with van der Waals surface area (Å²) >= 11 is 6.24. The van der Waals surface area contributed by atoms with Gasteiger partial charge in [0, 0.05) is 5.02 Å². The lowest BCUT2D eigenvalue weighted by Crippen LogP contribution is -2.44. The van der Waals surface area contributed by atoms with Gasteiger partial charge >= 0.3 is 21.1 Å². The van der Waals surface area contributed by atoms with Crippen LogP contribution in [0.2, 0.25) is 5.02 Å². The largest absolute Gasteiger partial charge is 0.495 e. The fourth-order valence-electron chi connectivity index (χ4n) is 4.74. The van der Waals surface area contributed by atoms with Crippen LogP contribution in [0, 0.1) is 5.92 Å². The Morgan fingerprint density at radius 2 is 1.18 bits per heavy atom. The van der Waals surface area contributed by atoms with Gasteiger partial charge in [0.15, 0.2) is 0 Å². The Morgan fingerprint density at radius 1 is 0.700 bits per heavy atom. The summed E-state index contributed by atoms with van der Waals surface area (Å²) < 4.78 is 42.1. The second kappa shape index (κ2) is 10.8. The van der Waals surface area contributed by atoms with Crippen molar-refractivity contribution in [3.8, 4) is 5.75 Å². The van der Waals surface area contributed by atoms with E-state index in [2.05, 4.69) is 27.7 Å². The molecule has 1 aromatic rings. The Morgan fingerprint density at radius 3 is 1.57 bits per heavy atom. The standard InChI is InChI=1S/C17H24BClO3.C12H24B2O4/c1-5-17(4)16(2,3)21-18(22-17)13-8-14(19)10-15(9-13)20-11-12-6-7-12;1-9(2)10(3,4)16-13(15-9)14-17-11(5,6)12(7,8)18-14/h8-10,12H,5-7,11H2,1-4H3;1-8H3. The van der Waals surface area contributed by atoms with Gasteiger partial charge in [-0.25, -0.2) is 0 Å². The van der Waals surface area contributed by atoms with Crippen molar-refractivity contribution in [1.29, 1.82) is 0 Å². The molecule has 3 heterocycles. The van der Waals surface area contributed by atoms with Gasteiger partial charge in [0.1, 0.15) is 5.75 Å². The lowest BCUT2D eigenvalue weighted by Gasteiger charge is -2.35. The molecule has 222 valence electrons. The van der Waals surface area contributed by atoms with E-state index in [-0.39, 0.29) is 33.6 Å². The summed E-state index contributed by atoms with van der Waals surface area (Å²) in [6.07, 6.45) is 3.43. The molecule has 7 nitrogen and oxygen atoms in total. The molecule has 0 spiro atoms. The molecular formula is C29H48B3ClO7. The zero-order valence-corrected chi connectivity index (χ0v) is 27.4. The maximum Gasteiger partial charge on any atom is 0.495 e. The van der Waals surface area contributed by atoms with Crippen LogP contribution in [0.5, 0.6) is 5.75 Å². The first-order valence-corrected chi connectivity index (χ1v) is 15.1. The van der Waals surface area contributed by atoms with Gasteiger partial charge in [0.25, 0.3) is 0 Å². The Hall–Kier alpha value is -0.735. The van der Waals surface area contributed by atoms with E-state index < -0.39 is 21.1 Å². The topological polar surface area (TPSA) is 64.6 Å². The van der Waals surface area contributed by atoms with Gasteiger partial charge in [0.05, 0.1) is 40.2 Å². The first-order chi connectivity index (χ1) is 18.2. The molecule has 4 fully saturated rings. The lowest BCUT2D eigenvalue weighted by molar-refractivity contribution is -0.0118. The van der Waals surface area contributed by atoms with Crippen LogP contribution in [0.15, 0.2) is 18.2 Å². The van der Waals surface area contributed by atoms with E-state index in [4.69, 9.17) is 44.3 Å². The first-order valence-electron chi connectivity index (χ1n) is 14.7. The molecule has 40 heavy (non-hydrogen) atoms. The van der Waals surface area contributed by atoms with Gasteiger partial charge in [-0.3, -0.25) is 0 Å². The molecule has 1 atom stereocenters. The average molecular weight is 577 g/mol. The van der Waals surface area contributed by atoms with E-state index in [0.717, 1.165) is 24.2 Å². The smallest absolute Gasteiger partial charge is 0.493 e. The molecule has 5 rings (SSSR count). The third kappa shape index (κ3) is 6.44. The summed E-state index contributed by atoms with van der Waals surface area (Å²) in [6, 6.07) is 5.73. The highest BCUT2D eigenvalue weighted by molar-refractivity contribution is 7.11. The van der Waals surface area contributed by atoms with Crippen LogP contribution in [0.25, 0.3) is 0 Å². The van der Waals surface area contributed by atoms with E-state index in [1.165, 1.54) is 12.8 Å². The third-order valence-corrected chi connectivity index (χ3v) is 10.0. The molecule has 3 aliphatic heterocycles. The van der Waals surface area contributed by atoms with E-state index in [0.29, 0.717) is 10.9 Å². The molecule has 1 aromatic carbocycles. The number of benzene rings is 1. The summed E-state index contributed by atoms with van der Waals surface area (Å²) in [5, 5.41) is 0.651. The molecule has 1 saturated carbocycles. The van der Waals surface area contributed by atoms with E-state index in [9.17, 15) is 0 Å². The van der Waals surface area contributed by atoms with Crippen molar-refractivity contribution in [1.82, 2.24) is 0 Å². The van der Waals surface area contributed by atoms with Crippen LogP contribution in [0.4, 0.5) is 0 Å². The molecule has 11 heteroatoms. The number of hydrogen-bond acceptors (Lipinski definition) is 7. The van der Waals surface area contributed by atoms with Gasteiger partial charge in [-0.05, 0) is 125 Å². The third-order valence-electron chi connectivity index (χ3n) is 9.83. The molecule has 0 aromatic heterocycles. The van der Waals surface area contributed by atoms with Crippen molar-refractivity contribution in [3.63, 3.8) is 0 Å². The molecule has 4 aliphatic rings. The quantitative estimate of drug-likeness (QED) is 0.381. The fourth-order valence-corrected chi connectivity index (χ4v) is 4.98. The molecule has 3 saturated heterocycles. The van der Waals surface area contributed by atoms with Gasteiger partial charge in [-0.1, -0.05) is 18.5 Å². The highest BCUT2D eigenvalue weighted by Gasteiger charge is 2.63. The Labute approximate surface area is 248 Å². The van der Waals surface area contributed by atoms with Gasteiger partial charge < -0.3 is 32.7 Å². The van der Waals surface area contributed by atoms with Crippen molar-refractivity contribution in [3.05, 3.63) is 23.2 Å². The monoisotopic (exact) mass is 576 g/mol. The summed E-state index contributed by atoms with van der Waals surface area (Å²) in [7, 11) is -1.35. The highest BCUT2D eigenvalue weighted by Crippen LogP contribution is 2.43. The normalized spacial score (nSPS) is 29.4. The van der Waals surface area contributed by atoms with Crippen molar-refractivity contribution >= 4 is 38.2 Å². The highest BCUT2D eigenvalue weighted by atomic mass is 35.5. The molecule has 1 unspecified atom stereocenters. The predicted molar refractivity (Wildman–Crippen MR) is 162 cm³/mol. The fraction of sp³-hybridized carbons (Fsp3) is 0.793. The van der Waals surface area contributed by atoms with Crippen molar-refractivity contribution in [2.75, 3.05) is 6.61 Å². The molecule has 1 aliphatic carbocycles. The molecular weight excluding hydrogens is 528 g/mol. The van der Waals surface area contributed by atoms with Crippen LogP contribution in [0.1, 0.15) is 102 Å². The summed E-state index contributed by atoms with van der Waals surface area (Å²) in [5.41, 5.74) is -1.17. The Bertz CT molecular complexity index is 1010. The van der Waals surface area contributed by atoms with Gasteiger partial charge in [-0.15, -0.1) is 0 Å². The second-order valence-electron chi connectivity index (χ2n) is 14.4. The summed E-state index contributed by atoms with van der Waals surface area (Å²) in [5.74, 6) is 1.51. The van der Waals surface area contributed by atoms with Crippen LogP contribution < -0.4 is 10.2 Å². The molecule has 0 radical (unpaired) electrons. The average Bonchev–Trinajstić information content (AvgIpc) is 3.52. The first kappa shape index (κ1) is 32.2. The number of rotatable bonds is 6. The summed E-state index contributed by atoms with van der Waals surface area (Å²) in [6.45, 7) is 25.3. The van der Waals surface area contributed by atoms with Crippen LogP contribution >= 0.6 is 11.6 Å². The number of hydrogen-bond donors (Lipinski definition) is 0. The SMILES string of the molecule is CC1(C)OB(B2OC(C)(C)C(C)(C)O2)OC1(C)C.CCC1(C)OB(c2cc(Cl)cc(OCC3CC3)c2)OC1(C)C. The molecule has 0 amide bonds. The number of halogens is 1. The lowest BCUT2D eigenvalue weighted by atomic mass is 9.49. The number of ether oxygens (including phenoxy) is 1. The second-order valence-corrected chi connectivity index (χ2v) is 14.8. The molecule has 0 N–H and O–H groups in total. The minimum absolute atomic E-state index is 0.310. The molecule has 0 bridgehead atoms. The predicted octanol–water partition coefficient (Wildman–Crippen LogP) is 6.07. The van der Waals surface area contributed by atoms with Crippen LogP contribution in [0.3, 0.4) is 0 Å². The maximum atomic E-state index is 6.24. The van der Waals surface area contributed by atoms with Crippen LogP contribution in [-0.4, -0.2) is 61.3 Å². The van der Waals surface area contributed by atoms with Crippen molar-refractivity contribution in [2.45, 2.75) is 136 Å². The van der Waals surface area contributed by atoms with Crippen molar-refractivity contribution < 1.29 is 32.7 Å². The van der Waals surface area contributed by atoms with E-state index in [1.807, 2.05) is 73.6 Å². The minimum Gasteiger partial charge on any atom is -0.493 e. The van der Waals surface area contributed by atoms with Gasteiger partial charge in [-0.2, -0.15) is 0 Å². The zero-order chi connectivity index (χ0) is 29.9. The van der Waals surface area contributed by atoms with E-state index >= 15 is 0 Å².